The third-order valence-electron chi connectivity index (χ3n) is 3.91. The number of morpholine rings is 1. The Morgan fingerprint density at radius 2 is 2.15 bits per heavy atom. The van der Waals surface area contributed by atoms with Gasteiger partial charge in [0.15, 0.2) is 0 Å². The van der Waals surface area contributed by atoms with Crippen LogP contribution in [0.15, 0.2) is 18.2 Å². The number of amides is 1. The number of rotatable bonds is 2. The second-order valence-corrected chi connectivity index (χ2v) is 6.13. The molecule has 20 heavy (non-hydrogen) atoms. The summed E-state index contributed by atoms with van der Waals surface area (Å²) in [4.78, 5) is 14.3. The third-order valence-corrected chi connectivity index (χ3v) is 4.15. The predicted molar refractivity (Wildman–Crippen MR) is 76.1 cm³/mol. The van der Waals surface area contributed by atoms with Gasteiger partial charge in [-0.1, -0.05) is 11.6 Å². The molecule has 2 fully saturated rings. The first kappa shape index (κ1) is 13.7. The first-order valence-corrected chi connectivity index (χ1v) is 7.35. The van der Waals surface area contributed by atoms with Crippen LogP contribution in [0.2, 0.25) is 5.02 Å². The van der Waals surface area contributed by atoms with E-state index in [1.807, 2.05) is 6.92 Å². The van der Waals surface area contributed by atoms with E-state index in [1.165, 1.54) is 18.9 Å². The number of hydrogen-bond acceptors (Lipinski definition) is 3. The van der Waals surface area contributed by atoms with Gasteiger partial charge in [-0.05, 0) is 43.9 Å². The molecular weight excluding hydrogens is 278 g/mol. The van der Waals surface area contributed by atoms with Crippen molar-refractivity contribution in [2.45, 2.75) is 32.0 Å². The van der Waals surface area contributed by atoms with E-state index in [2.05, 4.69) is 0 Å². The molecule has 4 nitrogen and oxygen atoms in total. The number of halogens is 1. The van der Waals surface area contributed by atoms with Gasteiger partial charge < -0.3 is 14.7 Å². The molecule has 1 aliphatic carbocycles. The quantitative estimate of drug-likeness (QED) is 0.912. The van der Waals surface area contributed by atoms with Gasteiger partial charge in [-0.15, -0.1) is 0 Å². The minimum absolute atomic E-state index is 0.0349. The summed E-state index contributed by atoms with van der Waals surface area (Å²) >= 11 is 5.80. The highest BCUT2D eigenvalue weighted by molar-refractivity contribution is 6.30. The van der Waals surface area contributed by atoms with Crippen LogP contribution in [0.25, 0.3) is 0 Å². The van der Waals surface area contributed by atoms with Gasteiger partial charge in [0.2, 0.25) is 0 Å². The van der Waals surface area contributed by atoms with Crippen LogP contribution in [-0.2, 0) is 4.74 Å². The number of carbonyl (C=O) groups excluding carboxylic acids is 1. The lowest BCUT2D eigenvalue weighted by Crippen LogP contribution is -2.49. The molecule has 2 atom stereocenters. The van der Waals surface area contributed by atoms with Crippen LogP contribution in [0.3, 0.4) is 0 Å². The number of ether oxygens (including phenoxy) is 1. The molecule has 5 heteroatoms. The van der Waals surface area contributed by atoms with E-state index >= 15 is 0 Å². The third kappa shape index (κ3) is 2.76. The van der Waals surface area contributed by atoms with Crippen LogP contribution in [0.4, 0.5) is 0 Å². The summed E-state index contributed by atoms with van der Waals surface area (Å²) in [6, 6.07) is 4.60. The van der Waals surface area contributed by atoms with Crippen molar-refractivity contribution in [1.82, 2.24) is 4.90 Å². The molecule has 1 saturated carbocycles. The van der Waals surface area contributed by atoms with Crippen molar-refractivity contribution >= 4 is 17.5 Å². The Bertz CT molecular complexity index is 530. The van der Waals surface area contributed by atoms with Crippen molar-refractivity contribution in [3.8, 4) is 5.75 Å². The van der Waals surface area contributed by atoms with Crippen molar-refractivity contribution < 1.29 is 14.6 Å². The smallest absolute Gasteiger partial charge is 0.257 e. The molecule has 0 aromatic heterocycles. The Kier molecular flexibility index (Phi) is 3.61. The Morgan fingerprint density at radius 3 is 2.80 bits per heavy atom. The van der Waals surface area contributed by atoms with Crippen LogP contribution in [-0.4, -0.2) is 41.2 Å². The summed E-state index contributed by atoms with van der Waals surface area (Å²) in [5, 5.41) is 10.3. The number of phenolic OH excluding ortho intramolecular Hbond substituents is 1. The van der Waals surface area contributed by atoms with Gasteiger partial charge in [0.25, 0.3) is 5.91 Å². The first-order chi connectivity index (χ1) is 9.54. The van der Waals surface area contributed by atoms with E-state index in [0.717, 1.165) is 0 Å². The van der Waals surface area contributed by atoms with Gasteiger partial charge in [-0.25, -0.2) is 0 Å². The standard InChI is InChI=1S/C15H18ClNO3/c1-9-7-17(8-14(20-9)10-2-3-10)15(19)12-5-4-11(16)6-13(12)18/h4-6,9-10,14,18H,2-3,7-8H2,1H3/t9-,14+/m0/s1. The topological polar surface area (TPSA) is 49.8 Å². The minimum Gasteiger partial charge on any atom is -0.507 e. The number of carbonyl (C=O) groups is 1. The molecule has 0 bridgehead atoms. The molecule has 2 aliphatic rings. The number of benzene rings is 1. The van der Waals surface area contributed by atoms with E-state index in [9.17, 15) is 9.90 Å². The molecule has 1 amide bonds. The lowest BCUT2D eigenvalue weighted by Gasteiger charge is -2.37. The molecule has 108 valence electrons. The molecule has 1 saturated heterocycles. The zero-order chi connectivity index (χ0) is 14.3. The number of aromatic hydroxyl groups is 1. The van der Waals surface area contributed by atoms with Crippen LogP contribution in [0.5, 0.6) is 5.75 Å². The molecular formula is C15H18ClNO3. The molecule has 0 unspecified atom stereocenters. The number of nitrogens with zero attached hydrogens (tertiary/aromatic N) is 1. The summed E-state index contributed by atoms with van der Waals surface area (Å²) in [5.74, 6) is 0.372. The molecule has 1 aromatic rings. The highest BCUT2D eigenvalue weighted by Gasteiger charge is 2.39. The van der Waals surface area contributed by atoms with Crippen LogP contribution >= 0.6 is 11.6 Å². The molecule has 0 radical (unpaired) electrons. The maximum absolute atomic E-state index is 12.5. The lowest BCUT2D eigenvalue weighted by atomic mass is 10.1. The van der Waals surface area contributed by atoms with E-state index in [4.69, 9.17) is 16.3 Å². The van der Waals surface area contributed by atoms with Gasteiger partial charge in [-0.3, -0.25) is 4.79 Å². The van der Waals surface area contributed by atoms with Gasteiger partial charge in [0.05, 0.1) is 17.8 Å². The summed E-state index contributed by atoms with van der Waals surface area (Å²) in [6.07, 6.45) is 2.54. The molecule has 1 N–H and O–H groups in total. The summed E-state index contributed by atoms with van der Waals surface area (Å²) in [7, 11) is 0. The van der Waals surface area contributed by atoms with Gasteiger partial charge in [-0.2, -0.15) is 0 Å². The van der Waals surface area contributed by atoms with Crippen molar-refractivity contribution in [1.29, 1.82) is 0 Å². The summed E-state index contributed by atoms with van der Waals surface area (Å²) in [6.45, 7) is 3.15. The molecule has 1 aliphatic heterocycles. The van der Waals surface area contributed by atoms with Crippen LogP contribution < -0.4 is 0 Å². The maximum Gasteiger partial charge on any atom is 0.257 e. The SMILES string of the molecule is C[C@H]1CN(C(=O)c2ccc(Cl)cc2O)C[C@H](C2CC2)O1. The van der Waals surface area contributed by atoms with E-state index in [1.54, 1.807) is 17.0 Å². The van der Waals surface area contributed by atoms with Crippen molar-refractivity contribution in [3.05, 3.63) is 28.8 Å². The van der Waals surface area contributed by atoms with Gasteiger partial charge in [0.1, 0.15) is 5.75 Å². The average Bonchev–Trinajstić information content (AvgIpc) is 3.21. The largest absolute Gasteiger partial charge is 0.507 e. The van der Waals surface area contributed by atoms with E-state index < -0.39 is 0 Å². The normalized spacial score (nSPS) is 26.6. The maximum atomic E-state index is 12.5. The Labute approximate surface area is 123 Å². The predicted octanol–water partition coefficient (Wildman–Crippen LogP) is 2.69. The Hall–Kier alpha value is -1.26. The fraction of sp³-hybridized carbons (Fsp3) is 0.533. The highest BCUT2D eigenvalue weighted by Crippen LogP contribution is 2.37. The first-order valence-electron chi connectivity index (χ1n) is 6.98. The number of hydrogen-bond donors (Lipinski definition) is 1. The lowest BCUT2D eigenvalue weighted by molar-refractivity contribution is -0.0762. The van der Waals surface area contributed by atoms with E-state index in [0.29, 0.717) is 29.6 Å². The van der Waals surface area contributed by atoms with Gasteiger partial charge in [0, 0.05) is 18.1 Å². The molecule has 1 heterocycles. The number of phenols is 1. The molecule has 3 rings (SSSR count). The zero-order valence-corrected chi connectivity index (χ0v) is 12.1. The zero-order valence-electron chi connectivity index (χ0n) is 11.4. The van der Waals surface area contributed by atoms with Crippen molar-refractivity contribution in [2.24, 2.45) is 5.92 Å². The van der Waals surface area contributed by atoms with E-state index in [-0.39, 0.29) is 23.9 Å². The fourth-order valence-corrected chi connectivity index (χ4v) is 2.90. The minimum atomic E-state index is -0.153. The fourth-order valence-electron chi connectivity index (χ4n) is 2.74. The van der Waals surface area contributed by atoms with Crippen molar-refractivity contribution in [3.63, 3.8) is 0 Å². The summed E-state index contributed by atoms with van der Waals surface area (Å²) in [5.41, 5.74) is 0.304. The summed E-state index contributed by atoms with van der Waals surface area (Å²) < 4.78 is 5.90. The molecule has 1 aromatic carbocycles. The van der Waals surface area contributed by atoms with Gasteiger partial charge >= 0.3 is 0 Å². The average molecular weight is 296 g/mol. The Morgan fingerprint density at radius 1 is 1.40 bits per heavy atom. The second-order valence-electron chi connectivity index (χ2n) is 5.69. The highest BCUT2D eigenvalue weighted by atomic mass is 35.5. The Balaban J connectivity index is 1.78. The van der Waals surface area contributed by atoms with Crippen LogP contribution in [0, 0.1) is 5.92 Å². The van der Waals surface area contributed by atoms with Crippen LogP contribution in [0.1, 0.15) is 30.1 Å². The van der Waals surface area contributed by atoms with Crippen molar-refractivity contribution in [2.75, 3.05) is 13.1 Å². The molecule has 0 spiro atoms. The second kappa shape index (κ2) is 5.26. The monoisotopic (exact) mass is 295 g/mol.